The molecule has 2 aliphatic rings. The van der Waals surface area contributed by atoms with E-state index in [4.69, 9.17) is 15.6 Å². The van der Waals surface area contributed by atoms with Gasteiger partial charge in [0.1, 0.15) is 5.76 Å². The average Bonchev–Trinajstić information content (AvgIpc) is 2.86. The minimum Gasteiger partial charge on any atom is -0.480 e. The molecule has 26 heavy (non-hydrogen) atoms. The first-order chi connectivity index (χ1) is 12.5. The number of carbonyl (C=O) groups excluding carboxylic acids is 1. The van der Waals surface area contributed by atoms with Crippen molar-refractivity contribution in [2.45, 2.75) is 25.8 Å². The highest BCUT2D eigenvalue weighted by atomic mass is 16.5. The number of hydrogen-bond acceptors (Lipinski definition) is 4. The van der Waals surface area contributed by atoms with E-state index in [-0.39, 0.29) is 18.4 Å². The third-order valence-electron chi connectivity index (χ3n) is 4.78. The van der Waals surface area contributed by atoms with Gasteiger partial charge in [0.25, 0.3) is 0 Å². The normalized spacial score (nSPS) is 21.4. The Balaban J connectivity index is 1.92. The Bertz CT molecular complexity index is 795. The summed E-state index contributed by atoms with van der Waals surface area (Å²) in [6, 6.07) is 10.2. The highest BCUT2D eigenvalue weighted by molar-refractivity contribution is 5.77. The van der Waals surface area contributed by atoms with Gasteiger partial charge in [-0.1, -0.05) is 37.3 Å². The van der Waals surface area contributed by atoms with E-state index in [1.165, 1.54) is 5.56 Å². The molecule has 136 valence electrons. The zero-order chi connectivity index (χ0) is 18.7. The number of allylic oxidation sites excluding steroid dienone is 2. The molecule has 3 N–H and O–H groups in total. The lowest BCUT2D eigenvalue weighted by Crippen LogP contribution is -2.33. The molecule has 3 rings (SSSR count). The molecule has 0 fully saturated rings. The molecule has 1 amide bonds. The van der Waals surface area contributed by atoms with Crippen LogP contribution in [0.4, 0.5) is 0 Å². The molecular weight excluding hydrogens is 332 g/mol. The molecule has 6 nitrogen and oxygen atoms in total. The Morgan fingerprint density at radius 3 is 2.65 bits per heavy atom. The lowest BCUT2D eigenvalue weighted by Gasteiger charge is -2.31. The third kappa shape index (κ3) is 3.64. The number of amides is 1. The second kappa shape index (κ2) is 7.47. The molecule has 2 heterocycles. The molecule has 2 unspecified atom stereocenters. The molecule has 0 bridgehead atoms. The van der Waals surface area contributed by atoms with Gasteiger partial charge in [-0.15, -0.1) is 0 Å². The molecule has 0 saturated carbocycles. The van der Waals surface area contributed by atoms with Crippen molar-refractivity contribution in [2.24, 2.45) is 11.7 Å². The van der Waals surface area contributed by atoms with E-state index in [1.54, 1.807) is 6.08 Å². The number of benzene rings is 1. The number of carboxylic acids is 1. The zero-order valence-corrected chi connectivity index (χ0v) is 14.6. The maximum absolute atomic E-state index is 11.6. The fourth-order valence-corrected chi connectivity index (χ4v) is 3.61. The SMILES string of the molecule is CC1C(CC(N)=O)=C2C(OCC(=O)O)=CC=CN2C1Cc1ccccc1. The highest BCUT2D eigenvalue weighted by Gasteiger charge is 2.40. The van der Waals surface area contributed by atoms with Gasteiger partial charge in [0.15, 0.2) is 6.61 Å². The van der Waals surface area contributed by atoms with E-state index < -0.39 is 18.5 Å². The number of primary amides is 1. The van der Waals surface area contributed by atoms with Crippen molar-refractivity contribution in [1.29, 1.82) is 0 Å². The monoisotopic (exact) mass is 354 g/mol. The second-order valence-electron chi connectivity index (χ2n) is 6.52. The number of hydrogen-bond donors (Lipinski definition) is 2. The van der Waals surface area contributed by atoms with Crippen LogP contribution in [0.1, 0.15) is 18.9 Å². The van der Waals surface area contributed by atoms with Gasteiger partial charge in [-0.2, -0.15) is 0 Å². The molecule has 0 aliphatic carbocycles. The molecular formula is C20H22N2O4. The first-order valence-corrected chi connectivity index (χ1v) is 8.54. The number of nitrogens with two attached hydrogens (primary N) is 1. The first kappa shape index (κ1) is 17.8. The van der Waals surface area contributed by atoms with Gasteiger partial charge in [0.05, 0.1) is 12.1 Å². The predicted molar refractivity (Wildman–Crippen MR) is 96.6 cm³/mol. The Morgan fingerprint density at radius 2 is 2.00 bits per heavy atom. The Labute approximate surface area is 152 Å². The van der Waals surface area contributed by atoms with Gasteiger partial charge < -0.3 is 20.5 Å². The molecule has 0 aromatic heterocycles. The van der Waals surface area contributed by atoms with Crippen LogP contribution in [0.2, 0.25) is 0 Å². The van der Waals surface area contributed by atoms with Crippen molar-refractivity contribution in [1.82, 2.24) is 4.90 Å². The van der Waals surface area contributed by atoms with Crippen LogP contribution in [0.15, 0.2) is 65.7 Å². The number of fused-ring (bicyclic) bond motifs is 1. The summed E-state index contributed by atoms with van der Waals surface area (Å²) >= 11 is 0. The standard InChI is InChI=1S/C20H22N2O4/c1-13-15(11-18(21)23)20-17(26-12-19(24)25)8-5-9-22(20)16(13)10-14-6-3-2-4-7-14/h2-9,13,16H,10-12H2,1H3,(H2,21,23)(H,24,25). The summed E-state index contributed by atoms with van der Waals surface area (Å²) in [5.41, 5.74) is 8.31. The molecule has 0 radical (unpaired) electrons. The van der Waals surface area contributed by atoms with E-state index in [9.17, 15) is 9.59 Å². The smallest absolute Gasteiger partial charge is 0.341 e. The summed E-state index contributed by atoms with van der Waals surface area (Å²) in [7, 11) is 0. The van der Waals surface area contributed by atoms with Crippen LogP contribution in [0, 0.1) is 5.92 Å². The van der Waals surface area contributed by atoms with Crippen molar-refractivity contribution in [3.63, 3.8) is 0 Å². The van der Waals surface area contributed by atoms with Gasteiger partial charge in [-0.3, -0.25) is 4.79 Å². The van der Waals surface area contributed by atoms with E-state index in [0.717, 1.165) is 17.7 Å². The minimum absolute atomic E-state index is 0.0808. The summed E-state index contributed by atoms with van der Waals surface area (Å²) in [6.45, 7) is 1.64. The van der Waals surface area contributed by atoms with E-state index in [2.05, 4.69) is 24.0 Å². The molecule has 2 atom stereocenters. The fraction of sp³-hybridized carbons (Fsp3) is 0.300. The van der Waals surface area contributed by atoms with E-state index >= 15 is 0 Å². The predicted octanol–water partition coefficient (Wildman–Crippen LogP) is 2.19. The molecule has 0 saturated heterocycles. The van der Waals surface area contributed by atoms with Crippen molar-refractivity contribution in [3.8, 4) is 0 Å². The van der Waals surface area contributed by atoms with Crippen molar-refractivity contribution < 1.29 is 19.4 Å². The number of ether oxygens (including phenoxy) is 1. The van der Waals surface area contributed by atoms with Gasteiger partial charge in [-0.25, -0.2) is 4.79 Å². The Morgan fingerprint density at radius 1 is 1.27 bits per heavy atom. The molecule has 1 aromatic carbocycles. The second-order valence-corrected chi connectivity index (χ2v) is 6.52. The zero-order valence-electron chi connectivity index (χ0n) is 14.6. The minimum atomic E-state index is -1.05. The van der Waals surface area contributed by atoms with Crippen molar-refractivity contribution in [2.75, 3.05) is 6.61 Å². The first-order valence-electron chi connectivity index (χ1n) is 8.54. The maximum atomic E-state index is 11.6. The summed E-state index contributed by atoms with van der Waals surface area (Å²) in [5, 5.41) is 8.92. The molecule has 0 spiro atoms. The lowest BCUT2D eigenvalue weighted by molar-refractivity contribution is -0.140. The lowest BCUT2D eigenvalue weighted by atomic mass is 9.90. The summed E-state index contributed by atoms with van der Waals surface area (Å²) in [5.74, 6) is -0.909. The quantitative estimate of drug-likeness (QED) is 0.783. The van der Waals surface area contributed by atoms with Crippen LogP contribution in [0.3, 0.4) is 0 Å². The largest absolute Gasteiger partial charge is 0.480 e. The summed E-state index contributed by atoms with van der Waals surface area (Å²) < 4.78 is 5.48. The number of nitrogens with zero attached hydrogens (tertiary/aromatic N) is 1. The number of aliphatic carboxylic acids is 1. The number of carbonyl (C=O) groups is 2. The van der Waals surface area contributed by atoms with Crippen molar-refractivity contribution >= 4 is 11.9 Å². The molecule has 1 aromatic rings. The van der Waals surface area contributed by atoms with Crippen LogP contribution in [0.25, 0.3) is 0 Å². The summed E-state index contributed by atoms with van der Waals surface area (Å²) in [6.07, 6.45) is 6.43. The Kier molecular flexibility index (Phi) is 5.11. The van der Waals surface area contributed by atoms with Crippen LogP contribution in [0.5, 0.6) is 0 Å². The van der Waals surface area contributed by atoms with E-state index in [1.807, 2.05) is 30.5 Å². The molecule has 6 heteroatoms. The van der Waals surface area contributed by atoms with Crippen LogP contribution in [-0.4, -0.2) is 34.5 Å². The Hall–Kier alpha value is -3.02. The van der Waals surface area contributed by atoms with Gasteiger partial charge in [0, 0.05) is 18.2 Å². The number of carboxylic acid groups (broad SMARTS) is 1. The van der Waals surface area contributed by atoms with Crippen LogP contribution in [-0.2, 0) is 20.7 Å². The van der Waals surface area contributed by atoms with Crippen molar-refractivity contribution in [3.05, 3.63) is 71.3 Å². The third-order valence-corrected chi connectivity index (χ3v) is 4.78. The molecule has 2 aliphatic heterocycles. The number of rotatable bonds is 7. The summed E-state index contributed by atoms with van der Waals surface area (Å²) in [4.78, 5) is 24.6. The van der Waals surface area contributed by atoms with Crippen LogP contribution < -0.4 is 5.73 Å². The topological polar surface area (TPSA) is 92.9 Å². The fourth-order valence-electron chi connectivity index (χ4n) is 3.61. The van der Waals surface area contributed by atoms with Gasteiger partial charge >= 0.3 is 5.97 Å². The van der Waals surface area contributed by atoms with Crippen LogP contribution >= 0.6 is 0 Å². The van der Waals surface area contributed by atoms with E-state index in [0.29, 0.717) is 5.76 Å². The van der Waals surface area contributed by atoms with Gasteiger partial charge in [0.2, 0.25) is 5.91 Å². The maximum Gasteiger partial charge on any atom is 0.341 e. The highest BCUT2D eigenvalue weighted by Crippen LogP contribution is 2.42. The average molecular weight is 354 g/mol. The van der Waals surface area contributed by atoms with Gasteiger partial charge in [-0.05, 0) is 29.7 Å².